The summed E-state index contributed by atoms with van der Waals surface area (Å²) in [5, 5.41) is 2.27. The number of carbonyl (C=O) groups excluding carboxylic acids is 1. The predicted molar refractivity (Wildman–Crippen MR) is 75.2 cm³/mol. The lowest BCUT2D eigenvalue weighted by Crippen LogP contribution is -2.15. The van der Waals surface area contributed by atoms with Crippen molar-refractivity contribution >= 4 is 23.4 Å². The Hall–Kier alpha value is -2.02. The highest BCUT2D eigenvalue weighted by atomic mass is 32.2. The Kier molecular flexibility index (Phi) is 4.85. The van der Waals surface area contributed by atoms with Crippen molar-refractivity contribution in [3.8, 4) is 0 Å². The summed E-state index contributed by atoms with van der Waals surface area (Å²) >= 11 is 0.172. The van der Waals surface area contributed by atoms with E-state index < -0.39 is 17.5 Å². The number of hydrogen-bond acceptors (Lipinski definition) is 3. The number of amides is 1. The summed E-state index contributed by atoms with van der Waals surface area (Å²) in [6, 6.07) is 7.07. The molecule has 110 valence electrons. The van der Waals surface area contributed by atoms with Crippen LogP contribution in [0.15, 0.2) is 41.6 Å². The summed E-state index contributed by atoms with van der Waals surface area (Å²) in [6.45, 7) is 1.75. The van der Waals surface area contributed by atoms with Crippen molar-refractivity contribution in [2.75, 3.05) is 5.32 Å². The zero-order valence-corrected chi connectivity index (χ0v) is 11.8. The second-order valence-corrected chi connectivity index (χ2v) is 5.15. The minimum atomic E-state index is -2.69. The fraction of sp³-hybridized carbons (Fsp3) is 0.143. The van der Waals surface area contributed by atoms with Crippen LogP contribution < -0.4 is 5.32 Å². The number of hydrogen-bond donors (Lipinski definition) is 1. The van der Waals surface area contributed by atoms with Gasteiger partial charge in [-0.1, -0.05) is 6.07 Å². The molecule has 0 aliphatic carbocycles. The number of aromatic nitrogens is 1. The van der Waals surface area contributed by atoms with Crippen LogP contribution in [0, 0.1) is 12.7 Å². The molecule has 2 aromatic rings. The third-order valence-corrected chi connectivity index (χ3v) is 3.31. The van der Waals surface area contributed by atoms with Crippen LogP contribution in [-0.4, -0.2) is 16.6 Å². The zero-order valence-electron chi connectivity index (χ0n) is 10.9. The van der Waals surface area contributed by atoms with E-state index in [9.17, 15) is 18.0 Å². The minimum Gasteiger partial charge on any atom is -0.319 e. The largest absolute Gasteiger partial charge is 0.319 e. The fourth-order valence-electron chi connectivity index (χ4n) is 1.67. The molecule has 1 heterocycles. The molecule has 1 N–H and O–H groups in total. The fourth-order valence-corrected chi connectivity index (χ4v) is 2.24. The van der Waals surface area contributed by atoms with Gasteiger partial charge in [0.2, 0.25) is 0 Å². The number of rotatable bonds is 4. The molecule has 0 saturated carbocycles. The molecule has 0 aliphatic heterocycles. The summed E-state index contributed by atoms with van der Waals surface area (Å²) in [4.78, 5) is 15.9. The van der Waals surface area contributed by atoms with Gasteiger partial charge in [-0.25, -0.2) is 9.37 Å². The van der Waals surface area contributed by atoms with Gasteiger partial charge in [-0.2, -0.15) is 8.78 Å². The second-order valence-electron chi connectivity index (χ2n) is 4.17. The van der Waals surface area contributed by atoms with E-state index in [1.54, 1.807) is 13.0 Å². The number of alkyl halides is 2. The first kappa shape index (κ1) is 15.4. The Bertz CT molecular complexity index is 664. The van der Waals surface area contributed by atoms with E-state index in [-0.39, 0.29) is 28.0 Å². The van der Waals surface area contributed by atoms with Crippen LogP contribution in [0.1, 0.15) is 15.9 Å². The number of pyridine rings is 1. The molecule has 1 aromatic carbocycles. The quantitative estimate of drug-likeness (QED) is 0.864. The Morgan fingerprint density at radius 1 is 1.33 bits per heavy atom. The maximum atomic E-state index is 13.6. The molecule has 0 radical (unpaired) electrons. The number of aryl methyl sites for hydroxylation is 1. The van der Waals surface area contributed by atoms with Crippen molar-refractivity contribution in [3.05, 3.63) is 53.5 Å². The summed E-state index contributed by atoms with van der Waals surface area (Å²) in [7, 11) is 0. The van der Waals surface area contributed by atoms with Crippen LogP contribution in [0.25, 0.3) is 0 Å². The standard InChI is InChI=1S/C14H11F3N2OS/c1-8-4-5-10(15)11(7-8)19-12(20)9-3-2-6-18-13(9)21-14(16)17/h2-7,14H,1H3,(H,19,20). The lowest BCUT2D eigenvalue weighted by atomic mass is 10.2. The molecule has 7 heteroatoms. The molecule has 0 atom stereocenters. The number of nitrogens with zero attached hydrogens (tertiary/aromatic N) is 1. The Morgan fingerprint density at radius 2 is 2.10 bits per heavy atom. The molecule has 21 heavy (non-hydrogen) atoms. The van der Waals surface area contributed by atoms with Crippen LogP contribution in [0.4, 0.5) is 18.9 Å². The third-order valence-electron chi connectivity index (χ3n) is 2.59. The predicted octanol–water partition coefficient (Wildman–Crippen LogP) is 4.10. The van der Waals surface area contributed by atoms with Gasteiger partial charge in [-0.15, -0.1) is 0 Å². The number of halogens is 3. The molecular weight excluding hydrogens is 301 g/mol. The first-order valence-electron chi connectivity index (χ1n) is 5.94. The molecule has 1 aromatic heterocycles. The monoisotopic (exact) mass is 312 g/mol. The van der Waals surface area contributed by atoms with Crippen molar-refractivity contribution < 1.29 is 18.0 Å². The molecular formula is C14H11F3N2OS. The molecule has 0 aliphatic rings. The zero-order chi connectivity index (χ0) is 15.4. The van der Waals surface area contributed by atoms with Gasteiger partial charge in [-0.3, -0.25) is 4.79 Å². The second kappa shape index (κ2) is 6.62. The van der Waals surface area contributed by atoms with Crippen LogP contribution in [0.5, 0.6) is 0 Å². The van der Waals surface area contributed by atoms with E-state index in [4.69, 9.17) is 0 Å². The van der Waals surface area contributed by atoms with Crippen molar-refractivity contribution in [1.29, 1.82) is 0 Å². The van der Waals surface area contributed by atoms with E-state index in [1.165, 1.54) is 30.5 Å². The molecule has 3 nitrogen and oxygen atoms in total. The van der Waals surface area contributed by atoms with Gasteiger partial charge < -0.3 is 5.32 Å². The molecule has 2 rings (SSSR count). The van der Waals surface area contributed by atoms with Crippen LogP contribution in [0.3, 0.4) is 0 Å². The highest BCUT2D eigenvalue weighted by Gasteiger charge is 2.17. The highest BCUT2D eigenvalue weighted by molar-refractivity contribution is 7.99. The van der Waals surface area contributed by atoms with E-state index in [0.29, 0.717) is 0 Å². The number of nitrogens with one attached hydrogen (secondary N) is 1. The average molecular weight is 312 g/mol. The van der Waals surface area contributed by atoms with E-state index >= 15 is 0 Å². The first-order chi connectivity index (χ1) is 9.97. The molecule has 0 spiro atoms. The average Bonchev–Trinajstić information content (AvgIpc) is 2.42. The van der Waals surface area contributed by atoms with Gasteiger partial charge >= 0.3 is 0 Å². The topological polar surface area (TPSA) is 42.0 Å². The Labute approximate surface area is 123 Å². The molecule has 1 amide bonds. The number of carbonyl (C=O) groups is 1. The van der Waals surface area contributed by atoms with Gasteiger partial charge in [0.1, 0.15) is 10.8 Å². The molecule has 0 unspecified atom stereocenters. The van der Waals surface area contributed by atoms with Crippen LogP contribution >= 0.6 is 11.8 Å². The van der Waals surface area contributed by atoms with Crippen molar-refractivity contribution in [2.24, 2.45) is 0 Å². The molecule has 0 bridgehead atoms. The smallest absolute Gasteiger partial charge is 0.290 e. The van der Waals surface area contributed by atoms with Crippen LogP contribution in [0.2, 0.25) is 0 Å². The number of benzene rings is 1. The maximum absolute atomic E-state index is 13.6. The Balaban J connectivity index is 2.26. The van der Waals surface area contributed by atoms with Gasteiger partial charge in [-0.05, 0) is 48.5 Å². The lowest BCUT2D eigenvalue weighted by Gasteiger charge is -2.10. The summed E-state index contributed by atoms with van der Waals surface area (Å²) in [5.41, 5.74) is 0.737. The van der Waals surface area contributed by atoms with Crippen molar-refractivity contribution in [2.45, 2.75) is 17.7 Å². The molecule has 0 fully saturated rings. The van der Waals surface area contributed by atoms with E-state index in [0.717, 1.165) is 5.56 Å². The number of thioether (sulfide) groups is 1. The van der Waals surface area contributed by atoms with Crippen LogP contribution in [-0.2, 0) is 0 Å². The normalized spacial score (nSPS) is 10.7. The summed E-state index contributed by atoms with van der Waals surface area (Å²) < 4.78 is 38.5. The summed E-state index contributed by atoms with van der Waals surface area (Å²) in [5.74, 6) is -3.97. The van der Waals surface area contributed by atoms with E-state index in [1.807, 2.05) is 0 Å². The first-order valence-corrected chi connectivity index (χ1v) is 6.82. The van der Waals surface area contributed by atoms with Crippen molar-refractivity contribution in [3.63, 3.8) is 0 Å². The Morgan fingerprint density at radius 3 is 2.81 bits per heavy atom. The number of anilines is 1. The van der Waals surface area contributed by atoms with Gasteiger partial charge in [0, 0.05) is 6.20 Å². The summed E-state index contributed by atoms with van der Waals surface area (Å²) in [6.07, 6.45) is 1.31. The lowest BCUT2D eigenvalue weighted by molar-refractivity contribution is 0.102. The molecule has 0 saturated heterocycles. The van der Waals surface area contributed by atoms with Gasteiger partial charge in [0.15, 0.2) is 0 Å². The maximum Gasteiger partial charge on any atom is 0.290 e. The van der Waals surface area contributed by atoms with Crippen molar-refractivity contribution in [1.82, 2.24) is 4.98 Å². The van der Waals surface area contributed by atoms with Gasteiger partial charge in [0.25, 0.3) is 11.7 Å². The third kappa shape index (κ3) is 3.98. The van der Waals surface area contributed by atoms with E-state index in [2.05, 4.69) is 10.3 Å². The SMILES string of the molecule is Cc1ccc(F)c(NC(=O)c2cccnc2SC(F)F)c1. The minimum absolute atomic E-state index is 0.00292. The van der Waals surface area contributed by atoms with Gasteiger partial charge in [0.05, 0.1) is 11.3 Å². The highest BCUT2D eigenvalue weighted by Crippen LogP contribution is 2.27.